The first-order valence-electron chi connectivity index (χ1n) is 3.97. The number of hydrogen-bond acceptors (Lipinski definition) is 0. The van der Waals surface area contributed by atoms with Crippen molar-refractivity contribution in [2.24, 2.45) is 0 Å². The molecule has 0 aliphatic carbocycles. The van der Waals surface area contributed by atoms with Gasteiger partial charge in [-0.25, -0.2) is 0 Å². The van der Waals surface area contributed by atoms with Crippen LogP contribution in [0.3, 0.4) is 0 Å². The summed E-state index contributed by atoms with van der Waals surface area (Å²) in [4.78, 5) is 0. The van der Waals surface area contributed by atoms with Gasteiger partial charge in [-0.2, -0.15) is 0 Å². The lowest BCUT2D eigenvalue weighted by Crippen LogP contribution is -2.36. The van der Waals surface area contributed by atoms with Gasteiger partial charge in [-0.05, 0) is 6.92 Å². The average molecular weight is 177 g/mol. The van der Waals surface area contributed by atoms with Gasteiger partial charge < -0.3 is 0 Å². The molecule has 0 N–H and O–H groups in total. The normalized spacial score (nSPS) is 17.1. The van der Waals surface area contributed by atoms with Gasteiger partial charge in [-0.1, -0.05) is 19.6 Å². The van der Waals surface area contributed by atoms with Crippen LogP contribution in [0.15, 0.2) is 0 Å². The molecule has 0 amide bonds. The summed E-state index contributed by atoms with van der Waals surface area (Å²) in [6.45, 7) is 17.2. The lowest BCUT2D eigenvalue weighted by atomic mass is 10.9. The van der Waals surface area contributed by atoms with E-state index in [1.54, 1.807) is 0 Å². The average Bonchev–Trinajstić information content (AvgIpc) is 1.59. The molecule has 0 heterocycles. The second-order valence-corrected chi connectivity index (χ2v) is 16.2. The molecule has 0 spiro atoms. The molecule has 0 saturated heterocycles. The molecule has 10 heavy (non-hydrogen) atoms. The molecule has 0 fully saturated rings. The Morgan fingerprint density at radius 1 is 1.00 bits per heavy atom. The lowest BCUT2D eigenvalue weighted by molar-refractivity contribution is 1.25. The Bertz CT molecular complexity index is 93.4. The van der Waals surface area contributed by atoms with Crippen molar-refractivity contribution in [2.45, 2.75) is 31.8 Å². The molecule has 0 aliphatic rings. The maximum atomic E-state index is 2.48. The summed E-state index contributed by atoms with van der Waals surface area (Å²) in [6.07, 6.45) is 0. The minimum Gasteiger partial charge on any atom is -0.0661 e. The molecule has 0 saturated carbocycles. The van der Waals surface area contributed by atoms with Crippen LogP contribution in [0.25, 0.3) is 0 Å². The fraction of sp³-hybridized carbons (Fsp3) is 1.00. The minimum absolute atomic E-state index is 0.567. The third-order valence-electron chi connectivity index (χ3n) is 2.42. The Morgan fingerprint density at radius 2 is 1.30 bits per heavy atom. The summed E-state index contributed by atoms with van der Waals surface area (Å²) in [6, 6.07) is 0. The SMILES string of the molecule is CC([Si](C)(C)C)[P+](C)(C)C. The monoisotopic (exact) mass is 177 g/mol. The predicted octanol–water partition coefficient (Wildman–Crippen LogP) is 3.16. The molecule has 62 valence electrons. The van der Waals surface area contributed by atoms with E-state index in [1.165, 1.54) is 0 Å². The van der Waals surface area contributed by atoms with Crippen LogP contribution in [-0.2, 0) is 0 Å². The molecule has 0 aromatic heterocycles. The van der Waals surface area contributed by atoms with E-state index in [2.05, 4.69) is 46.6 Å². The molecule has 2 heteroatoms. The third-order valence-corrected chi connectivity index (χ3v) is 11.9. The van der Waals surface area contributed by atoms with Crippen LogP contribution in [0.2, 0.25) is 19.6 Å². The van der Waals surface area contributed by atoms with E-state index in [0.29, 0.717) is 0 Å². The summed E-state index contributed by atoms with van der Waals surface area (Å²) in [5, 5.41) is 1.01. The van der Waals surface area contributed by atoms with E-state index in [4.69, 9.17) is 0 Å². The van der Waals surface area contributed by atoms with Gasteiger partial charge in [0.25, 0.3) is 0 Å². The largest absolute Gasteiger partial charge is 0.0923 e. The molecule has 0 nitrogen and oxygen atoms in total. The lowest BCUT2D eigenvalue weighted by Gasteiger charge is -2.30. The van der Waals surface area contributed by atoms with E-state index >= 15 is 0 Å². The highest BCUT2D eigenvalue weighted by Crippen LogP contribution is 2.54. The van der Waals surface area contributed by atoms with Crippen molar-refractivity contribution in [2.75, 3.05) is 20.0 Å². The quantitative estimate of drug-likeness (QED) is 0.449. The third kappa shape index (κ3) is 3.16. The zero-order chi connectivity index (χ0) is 8.58. The van der Waals surface area contributed by atoms with Crippen LogP contribution >= 0.6 is 7.26 Å². The fourth-order valence-electron chi connectivity index (χ4n) is 1.16. The molecule has 0 rings (SSSR count). The van der Waals surface area contributed by atoms with E-state index in [0.717, 1.165) is 5.28 Å². The summed E-state index contributed by atoms with van der Waals surface area (Å²) in [7, 11) is -1.41. The maximum absolute atomic E-state index is 2.48. The molecule has 0 bridgehead atoms. The van der Waals surface area contributed by atoms with Crippen molar-refractivity contribution >= 4 is 15.3 Å². The molecule has 0 aromatic carbocycles. The Labute approximate surface area is 67.8 Å². The van der Waals surface area contributed by atoms with Gasteiger partial charge >= 0.3 is 0 Å². The molecule has 1 atom stereocenters. The number of hydrogen-bond donors (Lipinski definition) is 0. The second kappa shape index (κ2) is 2.95. The Balaban J connectivity index is 4.23. The molecule has 0 radical (unpaired) electrons. The zero-order valence-corrected chi connectivity index (χ0v) is 10.4. The van der Waals surface area contributed by atoms with Crippen LogP contribution in [-0.4, -0.2) is 33.4 Å². The van der Waals surface area contributed by atoms with Crippen molar-refractivity contribution in [3.05, 3.63) is 0 Å². The first-order valence-corrected chi connectivity index (χ1v) is 10.7. The molecular formula is C8H22PSi+. The van der Waals surface area contributed by atoms with E-state index in [1.807, 2.05) is 0 Å². The van der Waals surface area contributed by atoms with Crippen LogP contribution < -0.4 is 0 Å². The Kier molecular flexibility index (Phi) is 3.14. The Morgan fingerprint density at radius 3 is 1.30 bits per heavy atom. The second-order valence-electron chi connectivity index (χ2n) is 5.16. The van der Waals surface area contributed by atoms with Crippen molar-refractivity contribution in [1.82, 2.24) is 0 Å². The fourth-order valence-corrected chi connectivity index (χ4v) is 10.5. The van der Waals surface area contributed by atoms with Gasteiger partial charge in [-0.3, -0.25) is 0 Å². The Hall–Kier alpha value is 0.647. The summed E-state index contributed by atoms with van der Waals surface area (Å²) < 4.78 is 0. The highest BCUT2D eigenvalue weighted by molar-refractivity contribution is 7.76. The van der Waals surface area contributed by atoms with Gasteiger partial charge in [0, 0.05) is 27.3 Å². The van der Waals surface area contributed by atoms with E-state index in [9.17, 15) is 0 Å². The maximum Gasteiger partial charge on any atom is 0.0923 e. The van der Waals surface area contributed by atoms with Crippen LogP contribution in [0, 0.1) is 0 Å². The zero-order valence-electron chi connectivity index (χ0n) is 8.52. The molecular weight excluding hydrogens is 155 g/mol. The van der Waals surface area contributed by atoms with Gasteiger partial charge in [0.05, 0.1) is 13.4 Å². The smallest absolute Gasteiger partial charge is 0.0661 e. The summed E-state index contributed by atoms with van der Waals surface area (Å²) >= 11 is 0. The van der Waals surface area contributed by atoms with Gasteiger partial charge in [0.2, 0.25) is 0 Å². The van der Waals surface area contributed by atoms with Gasteiger partial charge in [0.15, 0.2) is 0 Å². The van der Waals surface area contributed by atoms with E-state index < -0.39 is 15.3 Å². The topological polar surface area (TPSA) is 0 Å². The highest BCUT2D eigenvalue weighted by atomic mass is 31.2. The van der Waals surface area contributed by atoms with Crippen molar-refractivity contribution < 1.29 is 0 Å². The van der Waals surface area contributed by atoms with E-state index in [-0.39, 0.29) is 0 Å². The van der Waals surface area contributed by atoms with Gasteiger partial charge in [-0.15, -0.1) is 0 Å². The molecule has 1 unspecified atom stereocenters. The van der Waals surface area contributed by atoms with Crippen LogP contribution in [0.1, 0.15) is 6.92 Å². The van der Waals surface area contributed by atoms with Crippen LogP contribution in [0.5, 0.6) is 0 Å². The molecule has 0 aliphatic heterocycles. The standard InChI is InChI=1S/C8H22PSi/c1-8(9(2,3)4)10(5,6)7/h8H,1-7H3/q+1. The summed E-state index contributed by atoms with van der Waals surface area (Å²) in [5.74, 6) is 0. The highest BCUT2D eigenvalue weighted by Gasteiger charge is 2.37. The van der Waals surface area contributed by atoms with Crippen molar-refractivity contribution in [3.8, 4) is 0 Å². The first-order chi connectivity index (χ1) is 4.15. The summed E-state index contributed by atoms with van der Waals surface area (Å²) in [5.41, 5.74) is 0. The first kappa shape index (κ1) is 10.6. The van der Waals surface area contributed by atoms with Crippen LogP contribution in [0.4, 0.5) is 0 Å². The molecule has 0 aromatic rings. The van der Waals surface area contributed by atoms with Crippen molar-refractivity contribution in [3.63, 3.8) is 0 Å². The van der Waals surface area contributed by atoms with Crippen molar-refractivity contribution in [1.29, 1.82) is 0 Å². The van der Waals surface area contributed by atoms with Gasteiger partial charge in [0.1, 0.15) is 0 Å². The minimum atomic E-state index is -0.847. The number of rotatable bonds is 2. The predicted molar refractivity (Wildman–Crippen MR) is 57.5 cm³/mol.